The van der Waals surface area contributed by atoms with Crippen LogP contribution in [0.15, 0.2) is 145 Å². The minimum atomic E-state index is 0.129. The van der Waals surface area contributed by atoms with Crippen molar-refractivity contribution in [2.75, 3.05) is 9.80 Å². The Hall–Kier alpha value is -5.10. The van der Waals surface area contributed by atoms with Gasteiger partial charge in [-0.25, -0.2) is 0 Å². The summed E-state index contributed by atoms with van der Waals surface area (Å²) < 4.78 is 5.58. The Morgan fingerprint density at radius 3 is 1.87 bits per heavy atom. The number of hydrogen-bond acceptors (Lipinski definition) is 4. The molecule has 0 spiro atoms. The van der Waals surface area contributed by atoms with E-state index in [0.717, 1.165) is 0 Å². The topological polar surface area (TPSA) is 6.48 Å². The molecule has 0 radical (unpaired) electrons. The highest BCUT2D eigenvalue weighted by molar-refractivity contribution is 7.41. The summed E-state index contributed by atoms with van der Waals surface area (Å²) in [5.74, 6) is 0. The Labute approximate surface area is 282 Å². The van der Waals surface area contributed by atoms with E-state index >= 15 is 0 Å². The van der Waals surface area contributed by atoms with Crippen LogP contribution >= 0.6 is 22.7 Å². The van der Waals surface area contributed by atoms with Gasteiger partial charge in [-0.05, 0) is 71.2 Å². The number of thiophene rings is 2. The lowest BCUT2D eigenvalue weighted by Crippen LogP contribution is -2.59. The third kappa shape index (κ3) is 3.73. The first-order chi connectivity index (χ1) is 23.2. The third-order valence-corrected chi connectivity index (χ3v) is 12.4. The highest BCUT2D eigenvalue weighted by atomic mass is 32.1. The molecular formula is C42H29BN2S2. The average Bonchev–Trinajstić information content (AvgIpc) is 3.70. The molecule has 0 fully saturated rings. The summed E-state index contributed by atoms with van der Waals surface area (Å²) in [7, 11) is 0. The van der Waals surface area contributed by atoms with Gasteiger partial charge in [0.05, 0.1) is 11.4 Å². The van der Waals surface area contributed by atoms with Gasteiger partial charge in [0, 0.05) is 52.5 Å². The molecular weight excluding hydrogens is 607 g/mol. The van der Waals surface area contributed by atoms with Gasteiger partial charge in [-0.1, -0.05) is 109 Å². The summed E-state index contributed by atoms with van der Waals surface area (Å²) in [6.07, 6.45) is 6.52. The molecule has 2 aromatic heterocycles. The first-order valence-corrected chi connectivity index (χ1v) is 17.8. The van der Waals surface area contributed by atoms with Gasteiger partial charge in [0.2, 0.25) is 0 Å². The van der Waals surface area contributed by atoms with Crippen LogP contribution in [0.3, 0.4) is 0 Å². The van der Waals surface area contributed by atoms with Gasteiger partial charge in [0.1, 0.15) is 0 Å². The van der Waals surface area contributed by atoms with Gasteiger partial charge < -0.3 is 9.80 Å². The fourth-order valence-corrected chi connectivity index (χ4v) is 10.8. The molecule has 0 unspecified atom stereocenters. The van der Waals surface area contributed by atoms with Crippen LogP contribution in [-0.4, -0.2) is 6.71 Å². The van der Waals surface area contributed by atoms with E-state index in [0.29, 0.717) is 0 Å². The predicted molar refractivity (Wildman–Crippen MR) is 209 cm³/mol. The number of benzene rings is 6. The summed E-state index contributed by atoms with van der Waals surface area (Å²) in [5, 5.41) is 7.88. The summed E-state index contributed by atoms with van der Waals surface area (Å²) >= 11 is 3.98. The first kappa shape index (κ1) is 27.1. The smallest absolute Gasteiger partial charge is 0.277 e. The van der Waals surface area contributed by atoms with Gasteiger partial charge >= 0.3 is 0 Å². The van der Waals surface area contributed by atoms with E-state index in [1.54, 1.807) is 0 Å². The second-order valence-electron chi connectivity index (χ2n) is 12.4. The number of rotatable bonds is 3. The molecule has 6 aromatic carbocycles. The van der Waals surface area contributed by atoms with Gasteiger partial charge in [0.25, 0.3) is 6.71 Å². The second-order valence-corrected chi connectivity index (χ2v) is 14.5. The van der Waals surface area contributed by atoms with E-state index in [-0.39, 0.29) is 6.71 Å². The molecule has 2 aliphatic rings. The number of nitrogens with zero attached hydrogens (tertiary/aromatic N) is 2. The Morgan fingerprint density at radius 1 is 0.596 bits per heavy atom. The van der Waals surface area contributed by atoms with Crippen molar-refractivity contribution in [1.82, 2.24) is 0 Å². The summed E-state index contributed by atoms with van der Waals surface area (Å²) in [6, 6.07) is 44.9. The molecule has 8 aromatic rings. The normalized spacial score (nSPS) is 14.1. The molecule has 2 aliphatic heterocycles. The van der Waals surface area contributed by atoms with Crippen LogP contribution in [-0.2, 0) is 0 Å². The van der Waals surface area contributed by atoms with Gasteiger partial charge in [-0.3, -0.25) is 0 Å². The van der Waals surface area contributed by atoms with Crippen LogP contribution in [0.5, 0.6) is 0 Å². The minimum Gasteiger partial charge on any atom is -0.314 e. The average molecular weight is 637 g/mol. The SMILES string of the molecule is C/C=C\C=C(/C)N1c2cccc3c2B(c2sc4c(ccc5ccccc54)c21)c1sc2c(ccc4ccccc42)c1N3c1ccccc1. The number of allylic oxidation sites excluding steroid dienone is 4. The van der Waals surface area contributed by atoms with Gasteiger partial charge in [-0.2, -0.15) is 0 Å². The fourth-order valence-electron chi connectivity index (χ4n) is 7.88. The molecule has 0 bridgehead atoms. The zero-order chi connectivity index (χ0) is 31.2. The Balaban J connectivity index is 1.38. The van der Waals surface area contributed by atoms with E-state index in [1.165, 1.54) is 90.9 Å². The molecule has 0 amide bonds. The number of hydrogen-bond donors (Lipinski definition) is 0. The molecule has 10 rings (SSSR count). The van der Waals surface area contributed by atoms with E-state index in [9.17, 15) is 0 Å². The molecule has 5 heteroatoms. The molecule has 0 atom stereocenters. The van der Waals surface area contributed by atoms with Crippen LogP contribution in [0.25, 0.3) is 41.7 Å². The highest BCUT2D eigenvalue weighted by Gasteiger charge is 2.46. The van der Waals surface area contributed by atoms with Crippen molar-refractivity contribution >= 4 is 115 Å². The summed E-state index contributed by atoms with van der Waals surface area (Å²) in [4.78, 5) is 5.07. The lowest BCUT2D eigenvalue weighted by atomic mass is 9.39. The van der Waals surface area contributed by atoms with Crippen LogP contribution in [0.2, 0.25) is 0 Å². The number of para-hydroxylation sites is 1. The van der Waals surface area contributed by atoms with Crippen LogP contribution < -0.4 is 24.8 Å². The van der Waals surface area contributed by atoms with E-state index in [4.69, 9.17) is 0 Å². The van der Waals surface area contributed by atoms with Gasteiger partial charge in [0.15, 0.2) is 0 Å². The van der Waals surface area contributed by atoms with Crippen LogP contribution in [0.1, 0.15) is 13.8 Å². The maximum absolute atomic E-state index is 2.54. The van der Waals surface area contributed by atoms with Crippen molar-refractivity contribution in [2.45, 2.75) is 13.8 Å². The molecule has 0 saturated carbocycles. The van der Waals surface area contributed by atoms with Crippen molar-refractivity contribution in [2.24, 2.45) is 0 Å². The minimum absolute atomic E-state index is 0.129. The monoisotopic (exact) mass is 636 g/mol. The first-order valence-electron chi connectivity index (χ1n) is 16.2. The van der Waals surface area contributed by atoms with Crippen molar-refractivity contribution in [1.29, 1.82) is 0 Å². The Bertz CT molecular complexity index is 2630. The Kier molecular flexibility index (Phi) is 5.87. The standard InChI is InChI=1S/C42H29BN2S2/c1-3-4-13-26(2)44-34-20-12-21-35-36(34)43(41-37(44)32-24-22-27-14-8-10-18-30(27)39(32)46-41)42-38(45(35)29-16-6-5-7-17-29)33-25-23-28-15-9-11-19-31(28)40(33)47-42/h3-25H,1-2H3/b4-3-,26-13+. The molecule has 222 valence electrons. The summed E-state index contributed by atoms with van der Waals surface area (Å²) in [5.41, 5.74) is 8.95. The maximum Gasteiger partial charge on any atom is 0.277 e. The molecule has 47 heavy (non-hydrogen) atoms. The predicted octanol–water partition coefficient (Wildman–Crippen LogP) is 10.7. The zero-order valence-electron chi connectivity index (χ0n) is 26.1. The van der Waals surface area contributed by atoms with Crippen LogP contribution in [0, 0.1) is 0 Å². The lowest BCUT2D eigenvalue weighted by Gasteiger charge is -2.42. The van der Waals surface area contributed by atoms with Crippen molar-refractivity contribution in [3.05, 3.63) is 145 Å². The quantitative estimate of drug-likeness (QED) is 0.141. The Morgan fingerprint density at radius 2 is 1.19 bits per heavy atom. The van der Waals surface area contributed by atoms with E-state index in [2.05, 4.69) is 163 Å². The zero-order valence-corrected chi connectivity index (χ0v) is 27.7. The molecule has 2 nitrogen and oxygen atoms in total. The van der Waals surface area contributed by atoms with Crippen molar-refractivity contribution in [3.63, 3.8) is 0 Å². The lowest BCUT2D eigenvalue weighted by molar-refractivity contribution is 1.17. The van der Waals surface area contributed by atoms with Crippen LogP contribution in [0.4, 0.5) is 28.4 Å². The number of anilines is 5. The molecule has 4 heterocycles. The van der Waals surface area contributed by atoms with Gasteiger partial charge in [-0.15, -0.1) is 22.7 Å². The van der Waals surface area contributed by atoms with E-state index < -0.39 is 0 Å². The third-order valence-electron chi connectivity index (χ3n) is 9.86. The fraction of sp³-hybridized carbons (Fsp3) is 0.0476. The van der Waals surface area contributed by atoms with Crippen molar-refractivity contribution in [3.8, 4) is 0 Å². The second kappa shape index (κ2) is 10.2. The summed E-state index contributed by atoms with van der Waals surface area (Å²) in [6.45, 7) is 4.47. The van der Waals surface area contributed by atoms with E-state index in [1.807, 2.05) is 22.7 Å². The molecule has 0 N–H and O–H groups in total. The van der Waals surface area contributed by atoms with Crippen molar-refractivity contribution < 1.29 is 0 Å². The largest absolute Gasteiger partial charge is 0.314 e. The molecule has 0 aliphatic carbocycles. The maximum atomic E-state index is 2.54. The highest BCUT2D eigenvalue weighted by Crippen LogP contribution is 2.50. The number of fused-ring (bicyclic) bond motifs is 12. The molecule has 0 saturated heterocycles.